The lowest BCUT2D eigenvalue weighted by molar-refractivity contribution is -0.122. The zero-order valence-corrected chi connectivity index (χ0v) is 13.6. The Morgan fingerprint density at radius 3 is 2.48 bits per heavy atom. The van der Waals surface area contributed by atoms with Crippen LogP contribution in [0.4, 0.5) is 0 Å². The summed E-state index contributed by atoms with van der Waals surface area (Å²) in [5.41, 5.74) is 1.21. The second-order valence-corrected chi connectivity index (χ2v) is 5.80. The lowest BCUT2D eigenvalue weighted by atomic mass is 10.2. The van der Waals surface area contributed by atoms with Crippen LogP contribution in [-0.4, -0.2) is 31.1 Å². The molecule has 2 N–H and O–H groups in total. The molecule has 1 aromatic carbocycles. The molecule has 0 fully saturated rings. The van der Waals surface area contributed by atoms with Crippen molar-refractivity contribution in [3.05, 3.63) is 29.8 Å². The van der Waals surface area contributed by atoms with Gasteiger partial charge in [0.15, 0.2) is 0 Å². The first-order chi connectivity index (χ1) is 9.97. The average Bonchev–Trinajstić information content (AvgIpc) is 2.43. The molecule has 118 valence electrons. The number of rotatable bonds is 9. The fraction of sp³-hybridized carbons (Fsp3) is 0.588. The van der Waals surface area contributed by atoms with E-state index in [2.05, 4.69) is 24.5 Å². The predicted octanol–water partition coefficient (Wildman–Crippen LogP) is 2.66. The fourth-order valence-electron chi connectivity index (χ4n) is 1.88. The molecule has 0 bridgehead atoms. The maximum absolute atomic E-state index is 11.8. The van der Waals surface area contributed by atoms with Gasteiger partial charge in [0.05, 0.1) is 6.04 Å². The number of nitrogens with one attached hydrogen (secondary N) is 2. The molecule has 0 saturated heterocycles. The molecule has 0 aliphatic carbocycles. The van der Waals surface area contributed by atoms with Gasteiger partial charge in [-0.05, 0) is 38.9 Å². The zero-order valence-electron chi connectivity index (χ0n) is 13.6. The van der Waals surface area contributed by atoms with E-state index in [1.165, 1.54) is 5.56 Å². The fourth-order valence-corrected chi connectivity index (χ4v) is 1.88. The summed E-state index contributed by atoms with van der Waals surface area (Å²) in [5, 5.41) is 6.26. The molecule has 4 nitrogen and oxygen atoms in total. The average molecular weight is 292 g/mol. The van der Waals surface area contributed by atoms with E-state index in [0.29, 0.717) is 19.1 Å². The molecule has 0 spiro atoms. The van der Waals surface area contributed by atoms with Crippen molar-refractivity contribution in [3.8, 4) is 5.75 Å². The minimum Gasteiger partial charge on any atom is -0.491 e. The molecule has 1 atom stereocenters. The quantitative estimate of drug-likeness (QED) is 0.688. The van der Waals surface area contributed by atoms with Crippen LogP contribution in [0.5, 0.6) is 5.75 Å². The van der Waals surface area contributed by atoms with Gasteiger partial charge in [0.2, 0.25) is 5.91 Å². The number of carbonyl (C=O) groups excluding carboxylic acids is 1. The Labute approximate surface area is 128 Å². The van der Waals surface area contributed by atoms with Crippen molar-refractivity contribution >= 4 is 5.91 Å². The highest BCUT2D eigenvalue weighted by molar-refractivity contribution is 5.76. The van der Waals surface area contributed by atoms with Crippen LogP contribution < -0.4 is 15.4 Å². The van der Waals surface area contributed by atoms with Gasteiger partial charge < -0.3 is 15.4 Å². The summed E-state index contributed by atoms with van der Waals surface area (Å²) >= 11 is 0. The van der Waals surface area contributed by atoms with Gasteiger partial charge >= 0.3 is 0 Å². The van der Waals surface area contributed by atoms with Crippen LogP contribution in [0.3, 0.4) is 0 Å². The molecule has 21 heavy (non-hydrogen) atoms. The number of carbonyl (C=O) groups is 1. The Morgan fingerprint density at radius 2 is 1.86 bits per heavy atom. The van der Waals surface area contributed by atoms with E-state index in [4.69, 9.17) is 4.74 Å². The highest BCUT2D eigenvalue weighted by atomic mass is 16.5. The molecular weight excluding hydrogens is 264 g/mol. The van der Waals surface area contributed by atoms with Gasteiger partial charge in [-0.3, -0.25) is 4.79 Å². The van der Waals surface area contributed by atoms with Gasteiger partial charge in [-0.2, -0.15) is 0 Å². The lowest BCUT2D eigenvalue weighted by Crippen LogP contribution is -2.37. The summed E-state index contributed by atoms with van der Waals surface area (Å²) in [7, 11) is 0. The molecule has 0 aliphatic heterocycles. The Bertz CT molecular complexity index is 415. The Balaban J connectivity index is 2.16. The molecule has 0 aliphatic rings. The summed E-state index contributed by atoms with van der Waals surface area (Å²) in [4.78, 5) is 11.8. The van der Waals surface area contributed by atoms with Crippen LogP contribution in [-0.2, 0) is 4.79 Å². The van der Waals surface area contributed by atoms with Gasteiger partial charge in [0.25, 0.3) is 0 Å². The van der Waals surface area contributed by atoms with E-state index < -0.39 is 0 Å². The predicted molar refractivity (Wildman–Crippen MR) is 86.7 cm³/mol. The minimum atomic E-state index is 0.0110. The maximum atomic E-state index is 11.8. The van der Waals surface area contributed by atoms with Crippen LogP contribution in [0, 0.1) is 6.92 Å². The second kappa shape index (κ2) is 9.40. The standard InChI is InChI=1S/C17H28N2O2/c1-13(2)18-11-5-6-17(20)19-15(4)12-21-16-9-7-14(3)8-10-16/h7-10,13,15,18H,5-6,11-12H2,1-4H3,(H,19,20). The first kappa shape index (κ1) is 17.5. The van der Waals surface area contributed by atoms with Crippen LogP contribution in [0.15, 0.2) is 24.3 Å². The number of aryl methyl sites for hydroxylation is 1. The van der Waals surface area contributed by atoms with Crippen molar-refractivity contribution in [2.45, 2.75) is 52.6 Å². The normalized spacial score (nSPS) is 12.2. The number of hydrogen-bond donors (Lipinski definition) is 2. The van der Waals surface area contributed by atoms with Crippen LogP contribution in [0.25, 0.3) is 0 Å². The molecule has 0 heterocycles. The maximum Gasteiger partial charge on any atom is 0.220 e. The third-order valence-electron chi connectivity index (χ3n) is 3.06. The summed E-state index contributed by atoms with van der Waals surface area (Å²) < 4.78 is 5.65. The third kappa shape index (κ3) is 8.35. The molecular formula is C17H28N2O2. The summed E-state index contributed by atoms with van der Waals surface area (Å²) in [6.45, 7) is 9.56. The Kier molecular flexibility index (Phi) is 7.83. The topological polar surface area (TPSA) is 50.4 Å². The second-order valence-electron chi connectivity index (χ2n) is 5.80. The van der Waals surface area contributed by atoms with E-state index in [0.717, 1.165) is 18.7 Å². The molecule has 1 amide bonds. The van der Waals surface area contributed by atoms with Crippen molar-refractivity contribution in [2.75, 3.05) is 13.2 Å². The van der Waals surface area contributed by atoms with Crippen molar-refractivity contribution in [3.63, 3.8) is 0 Å². The first-order valence-electron chi connectivity index (χ1n) is 7.69. The smallest absolute Gasteiger partial charge is 0.220 e. The van der Waals surface area contributed by atoms with E-state index in [1.54, 1.807) is 0 Å². The number of ether oxygens (including phenoxy) is 1. The van der Waals surface area contributed by atoms with Crippen LogP contribution in [0.2, 0.25) is 0 Å². The van der Waals surface area contributed by atoms with Crippen LogP contribution in [0.1, 0.15) is 39.2 Å². The summed E-state index contributed by atoms with van der Waals surface area (Å²) in [6.07, 6.45) is 1.41. The molecule has 0 aromatic heterocycles. The van der Waals surface area contributed by atoms with Crippen molar-refractivity contribution in [1.82, 2.24) is 10.6 Å². The van der Waals surface area contributed by atoms with E-state index in [9.17, 15) is 4.79 Å². The van der Waals surface area contributed by atoms with Gasteiger partial charge in [-0.1, -0.05) is 31.5 Å². The Hall–Kier alpha value is -1.55. The van der Waals surface area contributed by atoms with E-state index in [-0.39, 0.29) is 11.9 Å². The minimum absolute atomic E-state index is 0.0110. The summed E-state index contributed by atoms with van der Waals surface area (Å²) in [6, 6.07) is 8.40. The Morgan fingerprint density at radius 1 is 1.19 bits per heavy atom. The molecule has 1 unspecified atom stereocenters. The van der Waals surface area contributed by atoms with Gasteiger partial charge in [0, 0.05) is 12.5 Å². The molecule has 1 rings (SSSR count). The van der Waals surface area contributed by atoms with Gasteiger partial charge in [-0.15, -0.1) is 0 Å². The molecule has 4 heteroatoms. The van der Waals surface area contributed by atoms with Crippen molar-refractivity contribution in [2.24, 2.45) is 0 Å². The number of amides is 1. The number of benzene rings is 1. The molecule has 1 aromatic rings. The third-order valence-corrected chi connectivity index (χ3v) is 3.06. The first-order valence-corrected chi connectivity index (χ1v) is 7.69. The number of hydrogen-bond acceptors (Lipinski definition) is 3. The van der Waals surface area contributed by atoms with Crippen molar-refractivity contribution < 1.29 is 9.53 Å². The monoisotopic (exact) mass is 292 g/mol. The SMILES string of the molecule is Cc1ccc(OCC(C)NC(=O)CCCNC(C)C)cc1. The van der Waals surface area contributed by atoms with Crippen molar-refractivity contribution in [1.29, 1.82) is 0 Å². The van der Waals surface area contributed by atoms with E-state index in [1.807, 2.05) is 38.1 Å². The van der Waals surface area contributed by atoms with E-state index >= 15 is 0 Å². The van der Waals surface area contributed by atoms with Crippen LogP contribution >= 0.6 is 0 Å². The molecule has 0 radical (unpaired) electrons. The molecule has 0 saturated carbocycles. The van der Waals surface area contributed by atoms with Gasteiger partial charge in [-0.25, -0.2) is 0 Å². The lowest BCUT2D eigenvalue weighted by Gasteiger charge is -2.15. The van der Waals surface area contributed by atoms with Gasteiger partial charge in [0.1, 0.15) is 12.4 Å². The largest absolute Gasteiger partial charge is 0.491 e. The highest BCUT2D eigenvalue weighted by Crippen LogP contribution is 2.11. The zero-order chi connectivity index (χ0) is 15.7. The summed E-state index contributed by atoms with van der Waals surface area (Å²) in [5.74, 6) is 0.920. The highest BCUT2D eigenvalue weighted by Gasteiger charge is 2.08.